The van der Waals surface area contributed by atoms with E-state index in [1.54, 1.807) is 6.20 Å². The number of benzene rings is 2. The van der Waals surface area contributed by atoms with Crippen molar-refractivity contribution in [3.05, 3.63) is 54.2 Å². The number of fused-ring (bicyclic) bond motifs is 1. The summed E-state index contributed by atoms with van der Waals surface area (Å²) >= 11 is 0. The van der Waals surface area contributed by atoms with E-state index >= 15 is 0 Å². The van der Waals surface area contributed by atoms with Crippen molar-refractivity contribution in [1.82, 2.24) is 10.3 Å². The number of hydrogen-bond donors (Lipinski definition) is 4. The summed E-state index contributed by atoms with van der Waals surface area (Å²) in [6, 6.07) is 15.2. The summed E-state index contributed by atoms with van der Waals surface area (Å²) < 4.78 is 5.28. The maximum absolute atomic E-state index is 12.6. The van der Waals surface area contributed by atoms with Gasteiger partial charge in [-0.25, -0.2) is 0 Å². The number of aromatic amines is 1. The van der Waals surface area contributed by atoms with Gasteiger partial charge in [-0.2, -0.15) is 5.26 Å². The first kappa shape index (κ1) is 20.0. The quantitative estimate of drug-likeness (QED) is 0.520. The van der Waals surface area contributed by atoms with E-state index in [1.807, 2.05) is 42.5 Å². The van der Waals surface area contributed by atoms with Crippen LogP contribution in [0.4, 0.5) is 0 Å². The van der Waals surface area contributed by atoms with E-state index in [9.17, 15) is 15.2 Å². The molecule has 1 aliphatic heterocycles. The molecule has 0 saturated carbocycles. The Bertz CT molecular complexity index is 1090. The average molecular weight is 404 g/mol. The van der Waals surface area contributed by atoms with Gasteiger partial charge in [0.2, 0.25) is 5.91 Å². The molecule has 0 bridgehead atoms. The molecular weight excluding hydrogens is 380 g/mol. The summed E-state index contributed by atoms with van der Waals surface area (Å²) in [6.45, 7) is 0.910. The van der Waals surface area contributed by atoms with Gasteiger partial charge in [-0.1, -0.05) is 30.3 Å². The fourth-order valence-electron chi connectivity index (χ4n) is 3.76. The number of carbonyl (C=O) groups is 1. The highest BCUT2D eigenvalue weighted by atomic mass is 16.5. The van der Waals surface area contributed by atoms with Crippen molar-refractivity contribution in [2.75, 3.05) is 13.2 Å². The molecule has 1 amide bonds. The molecule has 1 aliphatic rings. The Hall–Kier alpha value is -3.34. The van der Waals surface area contributed by atoms with Crippen LogP contribution in [-0.2, 0) is 16.0 Å². The Morgan fingerprint density at radius 3 is 2.63 bits per heavy atom. The summed E-state index contributed by atoms with van der Waals surface area (Å²) in [5.41, 5.74) is 8.24. The molecule has 1 saturated heterocycles. The van der Waals surface area contributed by atoms with Crippen molar-refractivity contribution in [3.63, 3.8) is 0 Å². The van der Waals surface area contributed by atoms with Crippen molar-refractivity contribution in [2.45, 2.75) is 30.8 Å². The maximum atomic E-state index is 12.6. The number of nitriles is 1. The van der Waals surface area contributed by atoms with E-state index in [2.05, 4.69) is 16.4 Å². The molecular formula is C23H24N4O3. The Labute approximate surface area is 174 Å². The van der Waals surface area contributed by atoms with Gasteiger partial charge in [0.25, 0.3) is 0 Å². The molecule has 0 aliphatic carbocycles. The largest absolute Gasteiger partial charge is 0.494 e. The Kier molecular flexibility index (Phi) is 5.44. The molecule has 154 valence electrons. The van der Waals surface area contributed by atoms with Gasteiger partial charge in [0.15, 0.2) is 5.88 Å². The Morgan fingerprint density at radius 1 is 1.23 bits per heavy atom. The highest BCUT2D eigenvalue weighted by Gasteiger charge is 2.36. The van der Waals surface area contributed by atoms with Gasteiger partial charge in [-0.15, -0.1) is 0 Å². The highest BCUT2D eigenvalue weighted by molar-refractivity contribution is 5.91. The highest BCUT2D eigenvalue weighted by Crippen LogP contribution is 2.29. The number of nitrogens with two attached hydrogens (primary N) is 1. The van der Waals surface area contributed by atoms with Crippen LogP contribution in [0.3, 0.4) is 0 Å². The predicted octanol–water partition coefficient (Wildman–Crippen LogP) is 2.60. The first-order chi connectivity index (χ1) is 14.5. The first-order valence-electron chi connectivity index (χ1n) is 9.95. The molecule has 7 nitrogen and oxygen atoms in total. The van der Waals surface area contributed by atoms with Crippen LogP contribution in [0, 0.1) is 11.3 Å². The second kappa shape index (κ2) is 8.19. The van der Waals surface area contributed by atoms with Gasteiger partial charge >= 0.3 is 0 Å². The fourth-order valence-corrected chi connectivity index (χ4v) is 3.76. The number of H-pyrrole nitrogens is 1. The minimum Gasteiger partial charge on any atom is -0.494 e. The van der Waals surface area contributed by atoms with Gasteiger partial charge in [0.05, 0.1) is 11.6 Å². The molecule has 5 N–H and O–H groups in total. The molecule has 2 aromatic carbocycles. The number of carbonyl (C=O) groups excluding carboxylic acids is 1. The van der Waals surface area contributed by atoms with Crippen LogP contribution < -0.4 is 11.1 Å². The Morgan fingerprint density at radius 2 is 1.93 bits per heavy atom. The lowest BCUT2D eigenvalue weighted by molar-refractivity contribution is -0.130. The molecule has 2 heterocycles. The molecule has 1 aromatic heterocycles. The van der Waals surface area contributed by atoms with Crippen molar-refractivity contribution < 1.29 is 14.6 Å². The summed E-state index contributed by atoms with van der Waals surface area (Å²) in [5.74, 6) is -0.131. The van der Waals surface area contributed by atoms with Crippen LogP contribution in [-0.4, -0.2) is 40.8 Å². The summed E-state index contributed by atoms with van der Waals surface area (Å²) in [4.78, 5) is 15.4. The second-order valence-corrected chi connectivity index (χ2v) is 7.76. The molecule has 3 aromatic rings. The van der Waals surface area contributed by atoms with E-state index in [0.29, 0.717) is 32.5 Å². The second-order valence-electron chi connectivity index (χ2n) is 7.76. The lowest BCUT2D eigenvalue weighted by atomic mass is 9.90. The van der Waals surface area contributed by atoms with Gasteiger partial charge in [-0.3, -0.25) is 4.79 Å². The number of nitrogens with zero attached hydrogens (tertiary/aromatic N) is 1. The van der Waals surface area contributed by atoms with Gasteiger partial charge < -0.3 is 25.9 Å². The monoisotopic (exact) mass is 404 g/mol. The summed E-state index contributed by atoms with van der Waals surface area (Å²) in [6.07, 6.45) is 3.08. The fraction of sp³-hybridized carbons (Fsp3) is 0.304. The van der Waals surface area contributed by atoms with E-state index < -0.39 is 11.6 Å². The van der Waals surface area contributed by atoms with Crippen molar-refractivity contribution in [1.29, 1.82) is 5.26 Å². The van der Waals surface area contributed by atoms with E-state index in [0.717, 1.165) is 27.5 Å². The molecule has 1 fully saturated rings. The van der Waals surface area contributed by atoms with Crippen molar-refractivity contribution in [2.24, 2.45) is 5.73 Å². The van der Waals surface area contributed by atoms with Crippen LogP contribution in [0.15, 0.2) is 48.7 Å². The lowest BCUT2D eigenvalue weighted by Crippen LogP contribution is -2.58. The molecule has 0 radical (unpaired) electrons. The minimum atomic E-state index is -0.970. The molecule has 0 unspecified atom stereocenters. The van der Waals surface area contributed by atoms with Crippen molar-refractivity contribution in [3.8, 4) is 23.1 Å². The molecule has 30 heavy (non-hydrogen) atoms. The normalized spacial score (nSPS) is 16.7. The van der Waals surface area contributed by atoms with Gasteiger partial charge in [0.1, 0.15) is 6.04 Å². The molecule has 7 heteroatoms. The number of amides is 1. The third-order valence-corrected chi connectivity index (χ3v) is 5.70. The number of hydrogen-bond acceptors (Lipinski definition) is 5. The smallest absolute Gasteiger partial charge is 0.241 e. The lowest BCUT2D eigenvalue weighted by Gasteiger charge is -2.32. The minimum absolute atomic E-state index is 0.163. The van der Waals surface area contributed by atoms with E-state index in [4.69, 9.17) is 10.5 Å². The average Bonchev–Trinajstić information content (AvgIpc) is 3.14. The topological polar surface area (TPSA) is 124 Å². The van der Waals surface area contributed by atoms with Crippen LogP contribution in [0.25, 0.3) is 21.9 Å². The summed E-state index contributed by atoms with van der Waals surface area (Å²) in [7, 11) is 0. The zero-order valence-corrected chi connectivity index (χ0v) is 16.5. The standard InChI is InChI=1S/C23H24N4O3/c24-13-19(27-22(29)23(25)7-9-30-10-8-23)11-15-1-3-16(4-2-15)17-5-6-20-18(12-17)14-26-21(20)28/h1-6,12,14,19,26,28H,7-11,25H2,(H,27,29)/t19-/m0/s1. The maximum Gasteiger partial charge on any atom is 0.241 e. The zero-order chi connectivity index (χ0) is 21.1. The van der Waals surface area contributed by atoms with E-state index in [-0.39, 0.29) is 11.8 Å². The third kappa shape index (κ3) is 4.01. The predicted molar refractivity (Wildman–Crippen MR) is 114 cm³/mol. The van der Waals surface area contributed by atoms with Crippen LogP contribution in [0.1, 0.15) is 18.4 Å². The number of aromatic nitrogens is 1. The molecule has 4 rings (SSSR count). The molecule has 0 spiro atoms. The zero-order valence-electron chi connectivity index (χ0n) is 16.5. The van der Waals surface area contributed by atoms with Gasteiger partial charge in [-0.05, 0) is 41.7 Å². The SMILES string of the molecule is N#C[C@H](Cc1ccc(-c2ccc3c(O)[nH]cc3c2)cc1)NC(=O)C1(N)CCOCC1. The van der Waals surface area contributed by atoms with Crippen LogP contribution in [0.2, 0.25) is 0 Å². The van der Waals surface area contributed by atoms with Crippen molar-refractivity contribution >= 4 is 16.7 Å². The molecule has 1 atom stereocenters. The van der Waals surface area contributed by atoms with Crippen LogP contribution in [0.5, 0.6) is 5.88 Å². The number of ether oxygens (including phenoxy) is 1. The summed E-state index contributed by atoms with van der Waals surface area (Å²) in [5, 5.41) is 23.8. The third-order valence-electron chi connectivity index (χ3n) is 5.70. The van der Waals surface area contributed by atoms with Gasteiger partial charge in [0, 0.05) is 36.6 Å². The number of rotatable bonds is 5. The number of aromatic hydroxyl groups is 1. The first-order valence-corrected chi connectivity index (χ1v) is 9.95. The number of nitrogens with one attached hydrogen (secondary N) is 2. The van der Waals surface area contributed by atoms with Crippen LogP contribution >= 0.6 is 0 Å². The van der Waals surface area contributed by atoms with E-state index in [1.165, 1.54) is 0 Å². The Balaban J connectivity index is 1.43.